The van der Waals surface area contributed by atoms with E-state index in [0.717, 1.165) is 68.6 Å². The van der Waals surface area contributed by atoms with Crippen molar-refractivity contribution in [2.24, 2.45) is 0 Å². The van der Waals surface area contributed by atoms with Crippen LogP contribution in [0.25, 0.3) is 5.69 Å². The first kappa shape index (κ1) is 20.4. The van der Waals surface area contributed by atoms with Gasteiger partial charge in [0, 0.05) is 57.2 Å². The number of nitrogens with one attached hydrogen (secondary N) is 1. The van der Waals surface area contributed by atoms with Gasteiger partial charge in [0.2, 0.25) is 0 Å². The zero-order valence-corrected chi connectivity index (χ0v) is 17.9. The van der Waals surface area contributed by atoms with E-state index >= 15 is 0 Å². The van der Waals surface area contributed by atoms with Gasteiger partial charge in [-0.1, -0.05) is 18.2 Å². The lowest BCUT2D eigenvalue weighted by Crippen LogP contribution is -2.48. The summed E-state index contributed by atoms with van der Waals surface area (Å²) in [7, 11) is 1.71. The number of piperazine rings is 1. The molecule has 0 saturated carbocycles. The number of aromatic nitrogens is 2. The van der Waals surface area contributed by atoms with Crippen LogP contribution in [0.15, 0.2) is 60.7 Å². The average molecular weight is 406 g/mol. The monoisotopic (exact) mass is 405 g/mol. The highest BCUT2D eigenvalue weighted by molar-refractivity contribution is 5.49. The molecule has 6 nitrogen and oxygen atoms in total. The van der Waals surface area contributed by atoms with Gasteiger partial charge in [-0.3, -0.25) is 4.90 Å². The Bertz CT molecular complexity index is 915. The fourth-order valence-corrected chi connectivity index (χ4v) is 3.93. The lowest BCUT2D eigenvalue weighted by Gasteiger charge is -2.36. The lowest BCUT2D eigenvalue weighted by molar-refractivity contribution is 0.257. The van der Waals surface area contributed by atoms with Gasteiger partial charge in [0.25, 0.3) is 0 Å². The van der Waals surface area contributed by atoms with E-state index in [9.17, 15) is 0 Å². The minimum absolute atomic E-state index is 0.798. The van der Waals surface area contributed by atoms with Crippen LogP contribution in [0, 0.1) is 6.92 Å². The van der Waals surface area contributed by atoms with Crippen molar-refractivity contribution in [3.63, 3.8) is 0 Å². The summed E-state index contributed by atoms with van der Waals surface area (Å²) in [6, 6.07) is 20.8. The maximum absolute atomic E-state index is 5.25. The number of hydrogen-bond acceptors (Lipinski definition) is 5. The molecule has 2 aromatic carbocycles. The summed E-state index contributed by atoms with van der Waals surface area (Å²) >= 11 is 0. The summed E-state index contributed by atoms with van der Waals surface area (Å²) in [4.78, 5) is 4.98. The van der Waals surface area contributed by atoms with Crippen LogP contribution in [0.2, 0.25) is 0 Å². The number of aryl methyl sites for hydroxylation is 1. The van der Waals surface area contributed by atoms with E-state index < -0.39 is 0 Å². The molecule has 0 radical (unpaired) electrons. The molecule has 1 aliphatic heterocycles. The molecule has 0 amide bonds. The van der Waals surface area contributed by atoms with Gasteiger partial charge in [0.15, 0.2) is 0 Å². The van der Waals surface area contributed by atoms with E-state index in [2.05, 4.69) is 52.4 Å². The van der Waals surface area contributed by atoms with Crippen molar-refractivity contribution in [2.75, 3.05) is 51.3 Å². The molecule has 1 saturated heterocycles. The molecule has 1 aliphatic rings. The van der Waals surface area contributed by atoms with Crippen LogP contribution in [-0.4, -0.2) is 61.1 Å². The molecule has 2 heterocycles. The second-order valence-corrected chi connectivity index (χ2v) is 7.73. The molecular formula is C24H31N5O. The molecule has 158 valence electrons. The zero-order valence-electron chi connectivity index (χ0n) is 17.9. The quantitative estimate of drug-likeness (QED) is 0.584. The molecule has 30 heavy (non-hydrogen) atoms. The third-order valence-corrected chi connectivity index (χ3v) is 5.66. The molecule has 0 spiro atoms. The molecule has 4 rings (SSSR count). The number of methoxy groups -OCH3 is 1. The lowest BCUT2D eigenvalue weighted by atomic mass is 10.2. The van der Waals surface area contributed by atoms with Gasteiger partial charge in [-0.25, -0.2) is 4.68 Å². The SMILES string of the molecule is COc1ccc(N2CCN(CCNCc3cc(C)n(-c4ccccc4)n3)CC2)cc1. The van der Waals surface area contributed by atoms with Crippen molar-refractivity contribution >= 4 is 5.69 Å². The summed E-state index contributed by atoms with van der Waals surface area (Å²) in [6.45, 7) is 9.25. The number of benzene rings is 2. The molecule has 0 aliphatic carbocycles. The van der Waals surface area contributed by atoms with Crippen LogP contribution < -0.4 is 15.0 Å². The van der Waals surface area contributed by atoms with Crippen molar-refractivity contribution in [2.45, 2.75) is 13.5 Å². The van der Waals surface area contributed by atoms with Gasteiger partial charge in [0.1, 0.15) is 5.75 Å². The molecule has 1 fully saturated rings. The first-order valence-electron chi connectivity index (χ1n) is 10.7. The summed E-state index contributed by atoms with van der Waals surface area (Å²) in [6.07, 6.45) is 0. The standard InChI is InChI=1S/C24H31N5O/c1-20-18-21(26-29(20)23-6-4-3-5-7-23)19-25-12-13-27-14-16-28(17-15-27)22-8-10-24(30-2)11-9-22/h3-11,18,25H,12-17,19H2,1-2H3. The first-order valence-corrected chi connectivity index (χ1v) is 10.7. The maximum atomic E-state index is 5.25. The smallest absolute Gasteiger partial charge is 0.119 e. The molecular weight excluding hydrogens is 374 g/mol. The zero-order chi connectivity index (χ0) is 20.8. The largest absolute Gasteiger partial charge is 0.497 e. The second-order valence-electron chi connectivity index (χ2n) is 7.73. The van der Waals surface area contributed by atoms with E-state index in [-0.39, 0.29) is 0 Å². The Kier molecular flexibility index (Phi) is 6.67. The van der Waals surface area contributed by atoms with Crippen molar-refractivity contribution in [3.8, 4) is 11.4 Å². The molecule has 0 bridgehead atoms. The molecule has 3 aromatic rings. The summed E-state index contributed by atoms with van der Waals surface area (Å²) in [5, 5.41) is 8.30. The number of ether oxygens (including phenoxy) is 1. The third-order valence-electron chi connectivity index (χ3n) is 5.66. The van der Waals surface area contributed by atoms with Crippen molar-refractivity contribution in [3.05, 3.63) is 72.1 Å². The molecule has 6 heteroatoms. The van der Waals surface area contributed by atoms with E-state index in [1.165, 1.54) is 5.69 Å². The van der Waals surface area contributed by atoms with E-state index in [0.29, 0.717) is 0 Å². The highest BCUT2D eigenvalue weighted by Gasteiger charge is 2.16. The molecule has 1 N–H and O–H groups in total. The first-order chi connectivity index (χ1) is 14.7. The predicted molar refractivity (Wildman–Crippen MR) is 122 cm³/mol. The fraction of sp³-hybridized carbons (Fsp3) is 0.375. The average Bonchev–Trinajstić information content (AvgIpc) is 3.18. The highest BCUT2D eigenvalue weighted by Crippen LogP contribution is 2.20. The normalized spacial score (nSPS) is 14.8. The Balaban J connectivity index is 1.19. The third kappa shape index (κ3) is 5.01. The fourth-order valence-electron chi connectivity index (χ4n) is 3.93. The second kappa shape index (κ2) is 9.78. The van der Waals surface area contributed by atoms with Gasteiger partial charge in [-0.2, -0.15) is 5.10 Å². The van der Waals surface area contributed by atoms with Crippen molar-refractivity contribution in [1.29, 1.82) is 0 Å². The Morgan fingerprint density at radius 2 is 1.67 bits per heavy atom. The van der Waals surface area contributed by atoms with Crippen LogP contribution >= 0.6 is 0 Å². The van der Waals surface area contributed by atoms with Gasteiger partial charge in [0.05, 0.1) is 18.5 Å². The van der Waals surface area contributed by atoms with E-state index in [4.69, 9.17) is 9.84 Å². The van der Waals surface area contributed by atoms with Crippen LogP contribution in [0.3, 0.4) is 0 Å². The van der Waals surface area contributed by atoms with E-state index in [1.807, 2.05) is 35.0 Å². The van der Waals surface area contributed by atoms with Gasteiger partial charge in [-0.05, 0) is 49.4 Å². The summed E-state index contributed by atoms with van der Waals surface area (Å²) in [5.74, 6) is 0.909. The number of rotatable bonds is 8. The number of anilines is 1. The predicted octanol–water partition coefficient (Wildman–Crippen LogP) is 3.10. The van der Waals surface area contributed by atoms with E-state index in [1.54, 1.807) is 7.11 Å². The molecule has 0 atom stereocenters. The molecule has 0 unspecified atom stereocenters. The summed E-state index contributed by atoms with van der Waals surface area (Å²) in [5.41, 5.74) is 4.63. The van der Waals surface area contributed by atoms with Crippen LogP contribution in [0.5, 0.6) is 5.75 Å². The Morgan fingerprint density at radius 3 is 2.37 bits per heavy atom. The summed E-state index contributed by atoms with van der Waals surface area (Å²) < 4.78 is 7.26. The topological polar surface area (TPSA) is 45.6 Å². The minimum Gasteiger partial charge on any atom is -0.497 e. The van der Waals surface area contributed by atoms with Crippen LogP contribution in [0.1, 0.15) is 11.4 Å². The maximum Gasteiger partial charge on any atom is 0.119 e. The van der Waals surface area contributed by atoms with Crippen LogP contribution in [0.4, 0.5) is 5.69 Å². The van der Waals surface area contributed by atoms with Gasteiger partial charge >= 0.3 is 0 Å². The van der Waals surface area contributed by atoms with Crippen LogP contribution in [-0.2, 0) is 6.54 Å². The number of nitrogens with zero attached hydrogens (tertiary/aromatic N) is 4. The van der Waals surface area contributed by atoms with Gasteiger partial charge < -0.3 is 15.0 Å². The Morgan fingerprint density at radius 1 is 0.933 bits per heavy atom. The van der Waals surface area contributed by atoms with Gasteiger partial charge in [-0.15, -0.1) is 0 Å². The minimum atomic E-state index is 0.798. The number of hydrogen-bond donors (Lipinski definition) is 1. The molecule has 1 aromatic heterocycles. The van der Waals surface area contributed by atoms with Crippen molar-refractivity contribution < 1.29 is 4.74 Å². The number of para-hydroxylation sites is 1. The van der Waals surface area contributed by atoms with Crippen molar-refractivity contribution in [1.82, 2.24) is 20.0 Å². The highest BCUT2D eigenvalue weighted by atomic mass is 16.5. The Labute approximate surface area is 179 Å². The Hall–Kier alpha value is -2.83.